The zero-order valence-corrected chi connectivity index (χ0v) is 13.4. The Morgan fingerprint density at radius 2 is 1.95 bits per heavy atom. The van der Waals surface area contributed by atoms with Gasteiger partial charge in [-0.1, -0.05) is 6.92 Å². The maximum atomic E-state index is 12.0. The van der Waals surface area contributed by atoms with Gasteiger partial charge in [-0.15, -0.1) is 0 Å². The lowest BCUT2D eigenvalue weighted by molar-refractivity contribution is 0.0954. The van der Waals surface area contributed by atoms with E-state index in [1.165, 1.54) is 0 Å². The Labute approximate surface area is 125 Å². The van der Waals surface area contributed by atoms with E-state index in [0.717, 1.165) is 24.9 Å². The molecule has 7 nitrogen and oxygen atoms in total. The lowest BCUT2D eigenvalue weighted by Gasteiger charge is -2.09. The van der Waals surface area contributed by atoms with E-state index in [1.807, 2.05) is 13.8 Å². The second kappa shape index (κ2) is 7.94. The maximum absolute atomic E-state index is 12.0. The highest BCUT2D eigenvalue weighted by atomic mass is 32.2. The molecule has 1 amide bonds. The number of anilines is 1. The quantitative estimate of drug-likeness (QED) is 0.601. The van der Waals surface area contributed by atoms with E-state index in [0.29, 0.717) is 11.4 Å². The van der Waals surface area contributed by atoms with Gasteiger partial charge < -0.3 is 10.6 Å². The van der Waals surface area contributed by atoms with Crippen LogP contribution < -0.4 is 15.4 Å². The predicted octanol–water partition coefficient (Wildman–Crippen LogP) is 0.355. The third-order valence-corrected chi connectivity index (χ3v) is 3.36. The van der Waals surface area contributed by atoms with Gasteiger partial charge in [-0.25, -0.2) is 18.1 Å². The van der Waals surface area contributed by atoms with Gasteiger partial charge in [0.2, 0.25) is 10.0 Å². The van der Waals surface area contributed by atoms with Crippen molar-refractivity contribution in [3.8, 4) is 0 Å². The number of amides is 1. The topological polar surface area (TPSA) is 100 Å². The van der Waals surface area contributed by atoms with E-state index in [2.05, 4.69) is 20.3 Å². The summed E-state index contributed by atoms with van der Waals surface area (Å²) in [6.45, 7) is 5.04. The molecule has 21 heavy (non-hydrogen) atoms. The summed E-state index contributed by atoms with van der Waals surface area (Å²) in [7, 11) is -3.23. The summed E-state index contributed by atoms with van der Waals surface area (Å²) in [6, 6.07) is 3.42. The number of hydrogen-bond acceptors (Lipinski definition) is 5. The van der Waals surface area contributed by atoms with Crippen LogP contribution in [0.1, 0.15) is 29.9 Å². The number of carbonyl (C=O) groups excluding carboxylic acids is 1. The number of nitrogens with one attached hydrogen (secondary N) is 3. The standard InChI is InChI=1S/C13H22N4O3S/c1-4-11-8-10(9-12(17-11)14-5-2)13(18)15-6-7-16-21(3,19)20/h8-9,16H,4-7H2,1-3H3,(H,14,17)(H,15,18). The SMILES string of the molecule is CCNc1cc(C(=O)NCCNS(C)(=O)=O)cc(CC)n1. The third kappa shape index (κ3) is 6.54. The molecule has 0 aliphatic rings. The van der Waals surface area contributed by atoms with Gasteiger partial charge in [0, 0.05) is 30.9 Å². The van der Waals surface area contributed by atoms with Gasteiger partial charge in [-0.2, -0.15) is 0 Å². The van der Waals surface area contributed by atoms with Crippen LogP contribution in [0.5, 0.6) is 0 Å². The summed E-state index contributed by atoms with van der Waals surface area (Å²) in [5, 5.41) is 5.75. The van der Waals surface area contributed by atoms with Crippen LogP contribution in [0.4, 0.5) is 5.82 Å². The molecule has 1 aromatic heterocycles. The minimum atomic E-state index is -3.23. The van der Waals surface area contributed by atoms with Crippen molar-refractivity contribution in [1.29, 1.82) is 0 Å². The Bertz CT molecular complexity index is 587. The number of aromatic nitrogens is 1. The molecular weight excluding hydrogens is 292 g/mol. The first kappa shape index (κ1) is 17.4. The molecule has 0 radical (unpaired) electrons. The summed E-state index contributed by atoms with van der Waals surface area (Å²) >= 11 is 0. The van der Waals surface area contributed by atoms with Gasteiger partial charge in [-0.3, -0.25) is 4.79 Å². The highest BCUT2D eigenvalue weighted by Gasteiger charge is 2.09. The molecule has 0 fully saturated rings. The fraction of sp³-hybridized carbons (Fsp3) is 0.538. The van der Waals surface area contributed by atoms with Crippen LogP contribution in [0, 0.1) is 0 Å². The lowest BCUT2D eigenvalue weighted by Crippen LogP contribution is -2.34. The molecule has 1 rings (SSSR count). The van der Waals surface area contributed by atoms with Crippen LogP contribution in [-0.2, 0) is 16.4 Å². The Balaban J connectivity index is 2.66. The molecule has 0 spiro atoms. The first-order valence-corrected chi connectivity index (χ1v) is 8.72. The number of aryl methyl sites for hydroxylation is 1. The maximum Gasteiger partial charge on any atom is 0.251 e. The summed E-state index contributed by atoms with van der Waals surface area (Å²) in [4.78, 5) is 16.4. The van der Waals surface area contributed by atoms with Crippen molar-refractivity contribution >= 4 is 21.7 Å². The fourth-order valence-corrected chi connectivity index (χ4v) is 2.16. The molecule has 0 aliphatic heterocycles. The first-order valence-electron chi connectivity index (χ1n) is 6.83. The molecule has 0 aliphatic carbocycles. The second-order valence-corrected chi connectivity index (χ2v) is 6.37. The van der Waals surface area contributed by atoms with E-state index >= 15 is 0 Å². The van der Waals surface area contributed by atoms with Gasteiger partial charge in [0.15, 0.2) is 0 Å². The summed E-state index contributed by atoms with van der Waals surface area (Å²) < 4.78 is 24.1. The minimum Gasteiger partial charge on any atom is -0.370 e. The first-order chi connectivity index (χ1) is 9.85. The van der Waals surface area contributed by atoms with Crippen LogP contribution in [0.25, 0.3) is 0 Å². The van der Waals surface area contributed by atoms with E-state index in [-0.39, 0.29) is 19.0 Å². The van der Waals surface area contributed by atoms with E-state index in [4.69, 9.17) is 0 Å². The summed E-state index contributed by atoms with van der Waals surface area (Å²) in [5.74, 6) is 0.415. The van der Waals surface area contributed by atoms with Crippen LogP contribution in [-0.4, -0.2) is 45.2 Å². The number of sulfonamides is 1. The molecule has 8 heteroatoms. The number of hydrogen-bond donors (Lipinski definition) is 3. The molecule has 118 valence electrons. The Morgan fingerprint density at radius 1 is 1.24 bits per heavy atom. The van der Waals surface area contributed by atoms with Crippen molar-refractivity contribution in [1.82, 2.24) is 15.0 Å². The molecule has 0 saturated carbocycles. The highest BCUT2D eigenvalue weighted by Crippen LogP contribution is 2.11. The van der Waals surface area contributed by atoms with Gasteiger partial charge >= 0.3 is 0 Å². The van der Waals surface area contributed by atoms with Gasteiger partial charge in [0.25, 0.3) is 5.91 Å². The van der Waals surface area contributed by atoms with Crippen LogP contribution in [0.2, 0.25) is 0 Å². The number of rotatable bonds is 8. The van der Waals surface area contributed by atoms with E-state index in [9.17, 15) is 13.2 Å². The van der Waals surface area contributed by atoms with Gasteiger partial charge in [-0.05, 0) is 25.5 Å². The molecule has 0 saturated heterocycles. The average molecular weight is 314 g/mol. The zero-order valence-electron chi connectivity index (χ0n) is 12.6. The van der Waals surface area contributed by atoms with Crippen LogP contribution >= 0.6 is 0 Å². The van der Waals surface area contributed by atoms with Crippen molar-refractivity contribution in [3.05, 3.63) is 23.4 Å². The van der Waals surface area contributed by atoms with Crippen LogP contribution in [0.15, 0.2) is 12.1 Å². The molecule has 0 aromatic carbocycles. The number of nitrogens with zero attached hydrogens (tertiary/aromatic N) is 1. The smallest absolute Gasteiger partial charge is 0.251 e. The molecule has 0 bridgehead atoms. The molecule has 1 aromatic rings. The molecule has 3 N–H and O–H groups in total. The highest BCUT2D eigenvalue weighted by molar-refractivity contribution is 7.88. The second-order valence-electron chi connectivity index (χ2n) is 4.54. The van der Waals surface area contributed by atoms with Crippen molar-refractivity contribution in [2.45, 2.75) is 20.3 Å². The fourth-order valence-electron chi connectivity index (χ4n) is 1.69. The molecular formula is C13H22N4O3S. The van der Waals surface area contributed by atoms with Crippen molar-refractivity contribution in [3.63, 3.8) is 0 Å². The monoisotopic (exact) mass is 314 g/mol. The normalized spacial score (nSPS) is 11.2. The Kier molecular flexibility index (Phi) is 6.57. The van der Waals surface area contributed by atoms with Gasteiger partial charge in [0.05, 0.1) is 6.26 Å². The minimum absolute atomic E-state index is 0.163. The molecule has 0 unspecified atom stereocenters. The number of carbonyl (C=O) groups is 1. The lowest BCUT2D eigenvalue weighted by atomic mass is 10.2. The Hall–Kier alpha value is -1.67. The molecule has 0 atom stereocenters. The van der Waals surface area contributed by atoms with Crippen LogP contribution in [0.3, 0.4) is 0 Å². The third-order valence-electron chi connectivity index (χ3n) is 2.64. The average Bonchev–Trinajstić information content (AvgIpc) is 2.42. The van der Waals surface area contributed by atoms with Crippen molar-refractivity contribution < 1.29 is 13.2 Å². The Morgan fingerprint density at radius 3 is 2.52 bits per heavy atom. The van der Waals surface area contributed by atoms with E-state index in [1.54, 1.807) is 12.1 Å². The zero-order chi connectivity index (χ0) is 15.9. The summed E-state index contributed by atoms with van der Waals surface area (Å²) in [5.41, 5.74) is 1.34. The van der Waals surface area contributed by atoms with Gasteiger partial charge in [0.1, 0.15) is 5.82 Å². The van der Waals surface area contributed by atoms with E-state index < -0.39 is 10.0 Å². The largest absolute Gasteiger partial charge is 0.370 e. The summed E-state index contributed by atoms with van der Waals surface area (Å²) in [6.07, 6.45) is 1.81. The molecule has 1 heterocycles. The predicted molar refractivity (Wildman–Crippen MR) is 83.0 cm³/mol. The number of pyridine rings is 1. The van der Waals surface area contributed by atoms with Crippen molar-refractivity contribution in [2.75, 3.05) is 31.2 Å². The van der Waals surface area contributed by atoms with Crippen molar-refractivity contribution in [2.24, 2.45) is 0 Å².